The highest BCUT2D eigenvalue weighted by atomic mass is 16.5. The molecule has 1 aliphatic rings. The van der Waals surface area contributed by atoms with E-state index in [0.29, 0.717) is 0 Å². The summed E-state index contributed by atoms with van der Waals surface area (Å²) in [4.78, 5) is 15.2. The van der Waals surface area contributed by atoms with E-state index in [0.717, 1.165) is 43.9 Å². The molecule has 1 atom stereocenters. The van der Waals surface area contributed by atoms with Gasteiger partial charge in [-0.15, -0.1) is 0 Å². The lowest BCUT2D eigenvalue weighted by atomic mass is 9.96. The van der Waals surface area contributed by atoms with Crippen LogP contribution in [-0.2, 0) is 11.3 Å². The summed E-state index contributed by atoms with van der Waals surface area (Å²) >= 11 is 0. The van der Waals surface area contributed by atoms with Crippen molar-refractivity contribution in [2.75, 3.05) is 18.4 Å². The monoisotopic (exact) mass is 366 g/mol. The van der Waals surface area contributed by atoms with Crippen LogP contribution >= 0.6 is 0 Å². The summed E-state index contributed by atoms with van der Waals surface area (Å²) in [7, 11) is 0. The van der Waals surface area contributed by atoms with Crippen molar-refractivity contribution in [3.63, 3.8) is 0 Å². The quantitative estimate of drug-likeness (QED) is 0.810. The molecule has 1 amide bonds. The highest BCUT2D eigenvalue weighted by Gasteiger charge is 2.26. The molecule has 144 valence electrons. The van der Waals surface area contributed by atoms with Crippen molar-refractivity contribution in [1.82, 2.24) is 4.90 Å². The molecule has 2 aromatic carbocycles. The number of anilines is 1. The van der Waals surface area contributed by atoms with E-state index in [2.05, 4.69) is 41.4 Å². The number of piperidine rings is 1. The van der Waals surface area contributed by atoms with Crippen LogP contribution in [0.2, 0.25) is 0 Å². The van der Waals surface area contributed by atoms with E-state index in [1.165, 1.54) is 11.1 Å². The van der Waals surface area contributed by atoms with Gasteiger partial charge < -0.3 is 10.1 Å². The van der Waals surface area contributed by atoms with Gasteiger partial charge in [-0.3, -0.25) is 9.69 Å². The Morgan fingerprint density at radius 1 is 1.22 bits per heavy atom. The molecule has 0 radical (unpaired) electrons. The molecular weight excluding hydrogens is 336 g/mol. The van der Waals surface area contributed by atoms with Gasteiger partial charge in [0.05, 0.1) is 12.0 Å². The number of nitrogens with one attached hydrogen (secondary N) is 1. The highest BCUT2D eigenvalue weighted by Crippen LogP contribution is 2.23. The molecule has 1 heterocycles. The molecule has 27 heavy (non-hydrogen) atoms. The van der Waals surface area contributed by atoms with E-state index in [1.54, 1.807) is 0 Å². The molecule has 1 fully saturated rings. The minimum Gasteiger partial charge on any atom is -0.491 e. The zero-order valence-corrected chi connectivity index (χ0v) is 16.6. The number of carbonyl (C=O) groups excluding carboxylic acids is 1. The lowest BCUT2D eigenvalue weighted by molar-refractivity contribution is -0.121. The third kappa shape index (κ3) is 5.83. The topological polar surface area (TPSA) is 41.6 Å². The van der Waals surface area contributed by atoms with Gasteiger partial charge in [0, 0.05) is 24.8 Å². The Morgan fingerprint density at radius 2 is 2.04 bits per heavy atom. The molecule has 4 heteroatoms. The van der Waals surface area contributed by atoms with Crippen LogP contribution in [0.15, 0.2) is 48.5 Å². The Morgan fingerprint density at radius 3 is 2.81 bits per heavy atom. The van der Waals surface area contributed by atoms with Crippen LogP contribution in [0.3, 0.4) is 0 Å². The van der Waals surface area contributed by atoms with Crippen LogP contribution in [0.25, 0.3) is 0 Å². The second-order valence-electron chi connectivity index (χ2n) is 7.75. The van der Waals surface area contributed by atoms with Crippen LogP contribution in [0.4, 0.5) is 5.69 Å². The molecule has 1 aliphatic heterocycles. The molecule has 0 spiro atoms. The van der Waals surface area contributed by atoms with Crippen LogP contribution in [0.5, 0.6) is 5.75 Å². The molecule has 1 N–H and O–H groups in total. The predicted molar refractivity (Wildman–Crippen MR) is 110 cm³/mol. The molecule has 1 unspecified atom stereocenters. The van der Waals surface area contributed by atoms with Crippen molar-refractivity contribution in [2.45, 2.75) is 46.3 Å². The number of nitrogens with zero attached hydrogens (tertiary/aromatic N) is 1. The van der Waals surface area contributed by atoms with Gasteiger partial charge in [-0.1, -0.05) is 35.9 Å². The van der Waals surface area contributed by atoms with Gasteiger partial charge in [0.2, 0.25) is 5.91 Å². The lowest BCUT2D eigenvalue weighted by Gasteiger charge is -2.32. The fraction of sp³-hybridized carbons (Fsp3) is 0.435. The minimum atomic E-state index is 0.0261. The number of hydrogen-bond acceptors (Lipinski definition) is 3. The second kappa shape index (κ2) is 9.05. The lowest BCUT2D eigenvalue weighted by Crippen LogP contribution is -2.40. The fourth-order valence-corrected chi connectivity index (χ4v) is 3.65. The molecule has 0 bridgehead atoms. The molecule has 0 saturated carbocycles. The van der Waals surface area contributed by atoms with Gasteiger partial charge in [-0.2, -0.15) is 0 Å². The van der Waals surface area contributed by atoms with E-state index in [9.17, 15) is 4.79 Å². The number of aryl methyl sites for hydroxylation is 1. The Kier molecular flexibility index (Phi) is 6.51. The number of hydrogen-bond donors (Lipinski definition) is 1. The Hall–Kier alpha value is -2.33. The van der Waals surface area contributed by atoms with Crippen molar-refractivity contribution in [1.29, 1.82) is 0 Å². The standard InChI is InChI=1S/C23H30N2O2/c1-17(2)27-22-11-5-10-21(14-22)24-23(26)20-9-6-12-25(16-20)15-19-8-4-7-18(3)13-19/h4-5,7-8,10-11,13-14,17,20H,6,9,12,15-16H2,1-3H3,(H,24,26). The van der Waals surface area contributed by atoms with Gasteiger partial charge >= 0.3 is 0 Å². The summed E-state index contributed by atoms with van der Waals surface area (Å²) < 4.78 is 5.72. The zero-order chi connectivity index (χ0) is 19.2. The van der Waals surface area contributed by atoms with Gasteiger partial charge in [0.15, 0.2) is 0 Å². The van der Waals surface area contributed by atoms with E-state index in [4.69, 9.17) is 4.74 Å². The van der Waals surface area contributed by atoms with E-state index in [-0.39, 0.29) is 17.9 Å². The predicted octanol–water partition coefficient (Wildman–Crippen LogP) is 4.63. The van der Waals surface area contributed by atoms with Crippen LogP contribution < -0.4 is 10.1 Å². The first-order valence-electron chi connectivity index (χ1n) is 9.85. The summed E-state index contributed by atoms with van der Waals surface area (Å²) in [6, 6.07) is 16.3. The van der Waals surface area contributed by atoms with E-state index < -0.39 is 0 Å². The average Bonchev–Trinajstić information content (AvgIpc) is 2.62. The second-order valence-corrected chi connectivity index (χ2v) is 7.75. The van der Waals surface area contributed by atoms with Gasteiger partial charge in [0.1, 0.15) is 5.75 Å². The summed E-state index contributed by atoms with van der Waals surface area (Å²) in [5, 5.41) is 3.07. The van der Waals surface area contributed by atoms with Crippen molar-refractivity contribution >= 4 is 11.6 Å². The van der Waals surface area contributed by atoms with Crippen LogP contribution in [0, 0.1) is 12.8 Å². The van der Waals surface area contributed by atoms with E-state index >= 15 is 0 Å². The van der Waals surface area contributed by atoms with Crippen molar-refractivity contribution in [3.05, 3.63) is 59.7 Å². The van der Waals surface area contributed by atoms with Crippen molar-refractivity contribution < 1.29 is 9.53 Å². The number of likely N-dealkylation sites (tertiary alicyclic amines) is 1. The summed E-state index contributed by atoms with van der Waals surface area (Å²) in [5.74, 6) is 0.913. The van der Waals surface area contributed by atoms with Gasteiger partial charge in [-0.05, 0) is 57.9 Å². The maximum absolute atomic E-state index is 12.8. The Bertz CT molecular complexity index is 772. The third-order valence-electron chi connectivity index (χ3n) is 4.84. The normalized spacial score (nSPS) is 17.7. The highest BCUT2D eigenvalue weighted by molar-refractivity contribution is 5.92. The first-order chi connectivity index (χ1) is 13.0. The first kappa shape index (κ1) is 19.4. The average molecular weight is 367 g/mol. The van der Waals surface area contributed by atoms with Gasteiger partial charge in [-0.25, -0.2) is 0 Å². The zero-order valence-electron chi connectivity index (χ0n) is 16.6. The minimum absolute atomic E-state index is 0.0261. The maximum atomic E-state index is 12.8. The Labute approximate surface area is 162 Å². The van der Waals surface area contributed by atoms with Crippen molar-refractivity contribution in [3.8, 4) is 5.75 Å². The smallest absolute Gasteiger partial charge is 0.228 e. The fourth-order valence-electron chi connectivity index (χ4n) is 3.65. The van der Waals surface area contributed by atoms with Crippen LogP contribution in [0.1, 0.15) is 37.8 Å². The summed E-state index contributed by atoms with van der Waals surface area (Å²) in [6.07, 6.45) is 2.11. The molecule has 1 saturated heterocycles. The number of benzene rings is 2. The molecule has 0 aromatic heterocycles. The van der Waals surface area contributed by atoms with E-state index in [1.807, 2.05) is 38.1 Å². The molecule has 3 rings (SSSR count). The number of amides is 1. The molecule has 4 nitrogen and oxygen atoms in total. The molecular formula is C23H30N2O2. The number of ether oxygens (including phenoxy) is 1. The number of carbonyl (C=O) groups is 1. The van der Waals surface area contributed by atoms with Crippen LogP contribution in [-0.4, -0.2) is 30.0 Å². The van der Waals surface area contributed by atoms with Gasteiger partial charge in [0.25, 0.3) is 0 Å². The SMILES string of the molecule is Cc1cccc(CN2CCCC(C(=O)Nc3cccc(OC(C)C)c3)C2)c1. The summed E-state index contributed by atoms with van der Waals surface area (Å²) in [5.41, 5.74) is 3.39. The molecule has 2 aromatic rings. The number of rotatable bonds is 6. The van der Waals surface area contributed by atoms with Crippen molar-refractivity contribution in [2.24, 2.45) is 5.92 Å². The third-order valence-corrected chi connectivity index (χ3v) is 4.84. The maximum Gasteiger partial charge on any atom is 0.228 e. The summed E-state index contributed by atoms with van der Waals surface area (Å²) in [6.45, 7) is 8.87. The molecule has 0 aliphatic carbocycles. The first-order valence-corrected chi connectivity index (χ1v) is 9.85. The largest absolute Gasteiger partial charge is 0.491 e. The Balaban J connectivity index is 1.58.